The molecular formula is C38H44N4O2S. The van der Waals surface area contributed by atoms with E-state index in [2.05, 4.69) is 73.9 Å². The van der Waals surface area contributed by atoms with Crippen molar-refractivity contribution in [3.05, 3.63) is 77.1 Å². The van der Waals surface area contributed by atoms with Crippen molar-refractivity contribution in [3.8, 4) is 5.69 Å². The summed E-state index contributed by atoms with van der Waals surface area (Å²) in [5.41, 5.74) is 7.55. The fourth-order valence-electron chi connectivity index (χ4n) is 10.5. The molecule has 2 aromatic heterocycles. The zero-order valence-corrected chi connectivity index (χ0v) is 27.7. The van der Waals surface area contributed by atoms with Crippen LogP contribution in [0.1, 0.15) is 76.1 Å². The van der Waals surface area contributed by atoms with Crippen LogP contribution in [0, 0.1) is 40.9 Å². The van der Waals surface area contributed by atoms with E-state index >= 15 is 0 Å². The van der Waals surface area contributed by atoms with Crippen molar-refractivity contribution in [1.29, 1.82) is 0 Å². The lowest BCUT2D eigenvalue weighted by Gasteiger charge is -2.61. The molecule has 45 heavy (non-hydrogen) atoms. The Labute approximate surface area is 270 Å². The number of imidazole rings is 1. The van der Waals surface area contributed by atoms with Crippen molar-refractivity contribution < 1.29 is 9.90 Å². The Kier molecular flexibility index (Phi) is 6.78. The number of allylic oxidation sites excluding steroid dienone is 1. The maximum Gasteiger partial charge on any atom is 0.166 e. The largest absolute Gasteiger partial charge is 0.393 e. The number of rotatable bonds is 6. The quantitative estimate of drug-likeness (QED) is 0.214. The van der Waals surface area contributed by atoms with Gasteiger partial charge in [-0.25, -0.2) is 9.67 Å². The van der Waals surface area contributed by atoms with E-state index in [9.17, 15) is 9.90 Å². The predicted octanol–water partition coefficient (Wildman–Crippen LogP) is 7.97. The van der Waals surface area contributed by atoms with Crippen LogP contribution in [0.5, 0.6) is 0 Å². The lowest BCUT2D eigenvalue weighted by molar-refractivity contribution is -0.157. The maximum absolute atomic E-state index is 14.1. The summed E-state index contributed by atoms with van der Waals surface area (Å²) in [5, 5.41) is 17.9. The van der Waals surface area contributed by atoms with Crippen molar-refractivity contribution >= 4 is 34.7 Å². The standard InChI is InChI=1S/C38H44N4O2S/c1-5-38-19-24-21-39-42(30-13-9-6-10-23(30)2)31(24)18-25(38)14-15-26-27-16-17-36(3,37(27,4)20-32(43)34(26)38)33(44)22-45-35-40-28-11-7-8-12-29(28)41-35/h6-13,18,21,26-27,32,34,43H,5,14-17,19-20,22H2,1-4H3,(H,40,41). The Morgan fingerprint density at radius 3 is 2.73 bits per heavy atom. The number of hydrogen-bond donors (Lipinski definition) is 2. The molecule has 8 rings (SSSR count). The molecule has 4 aliphatic rings. The number of Topliss-reactive ketones (excluding diaryl/α,β-unsaturated/α-hetero) is 1. The number of ketones is 1. The molecule has 0 aliphatic heterocycles. The van der Waals surface area contributed by atoms with Crippen LogP contribution in [0.3, 0.4) is 0 Å². The first kappa shape index (κ1) is 29.3. The smallest absolute Gasteiger partial charge is 0.166 e. The van der Waals surface area contributed by atoms with Crippen molar-refractivity contribution in [3.63, 3.8) is 0 Å². The maximum atomic E-state index is 14.1. The molecule has 3 saturated carbocycles. The highest BCUT2D eigenvalue weighted by atomic mass is 32.2. The highest BCUT2D eigenvalue weighted by molar-refractivity contribution is 7.99. The molecule has 0 bridgehead atoms. The van der Waals surface area contributed by atoms with Crippen molar-refractivity contribution in [2.45, 2.75) is 83.9 Å². The summed E-state index contributed by atoms with van der Waals surface area (Å²) in [6.45, 7) is 9.01. The number of carbonyl (C=O) groups is 1. The van der Waals surface area contributed by atoms with Crippen molar-refractivity contribution in [2.24, 2.45) is 34.0 Å². The second kappa shape index (κ2) is 10.4. The van der Waals surface area contributed by atoms with Crippen LogP contribution in [0.15, 0.2) is 65.5 Å². The number of aromatic nitrogens is 4. The molecule has 234 valence electrons. The summed E-state index contributed by atoms with van der Waals surface area (Å²) in [7, 11) is 0. The first-order valence-electron chi connectivity index (χ1n) is 16.8. The molecule has 7 heteroatoms. The summed E-state index contributed by atoms with van der Waals surface area (Å²) < 4.78 is 2.12. The Balaban J connectivity index is 1.07. The number of nitrogens with zero attached hydrogens (tertiary/aromatic N) is 3. The Morgan fingerprint density at radius 2 is 1.93 bits per heavy atom. The number of nitrogens with one attached hydrogen (secondary N) is 1. The Morgan fingerprint density at radius 1 is 1.13 bits per heavy atom. The average Bonchev–Trinajstić information content (AvgIpc) is 3.72. The average molecular weight is 621 g/mol. The van der Waals surface area contributed by atoms with Gasteiger partial charge >= 0.3 is 0 Å². The van der Waals surface area contributed by atoms with Gasteiger partial charge in [-0.2, -0.15) is 5.10 Å². The molecule has 3 fully saturated rings. The van der Waals surface area contributed by atoms with Crippen molar-refractivity contribution in [1.82, 2.24) is 19.7 Å². The van der Waals surface area contributed by atoms with Gasteiger partial charge in [0.05, 0.1) is 40.5 Å². The third-order valence-corrected chi connectivity index (χ3v) is 14.0. The van der Waals surface area contributed by atoms with Gasteiger partial charge in [0.15, 0.2) is 5.16 Å². The van der Waals surface area contributed by atoms with Crippen LogP contribution in [-0.4, -0.2) is 42.5 Å². The monoisotopic (exact) mass is 620 g/mol. The number of fused-ring (bicyclic) bond motifs is 7. The number of H-pyrrole nitrogens is 1. The van der Waals surface area contributed by atoms with Gasteiger partial charge in [0.25, 0.3) is 0 Å². The number of aryl methyl sites for hydroxylation is 1. The van der Waals surface area contributed by atoms with Crippen LogP contribution >= 0.6 is 11.8 Å². The number of carbonyl (C=O) groups excluding carboxylic acids is 1. The normalized spacial score (nSPS) is 33.7. The number of para-hydroxylation sites is 3. The van der Waals surface area contributed by atoms with Gasteiger partial charge in [-0.05, 0) is 110 Å². The second-order valence-electron chi connectivity index (χ2n) is 14.8. The highest BCUT2D eigenvalue weighted by Gasteiger charge is 2.67. The number of aliphatic hydroxyl groups excluding tert-OH is 1. The second-order valence-corrected chi connectivity index (χ2v) is 15.7. The SMILES string of the molecule is CCC12Cc3cnn(-c4ccccc4C)c3C=C1CCC1C2C(O)CC2(C)C1CCC2(C)C(=O)CSc1nc2ccccc2[nH]1. The minimum Gasteiger partial charge on any atom is -0.393 e. The van der Waals surface area contributed by atoms with Gasteiger partial charge < -0.3 is 10.1 Å². The molecule has 0 radical (unpaired) electrons. The molecule has 2 aromatic carbocycles. The fraction of sp³-hybridized carbons (Fsp3) is 0.500. The zero-order chi connectivity index (χ0) is 31.1. The van der Waals surface area contributed by atoms with E-state index in [1.807, 2.05) is 24.3 Å². The van der Waals surface area contributed by atoms with Gasteiger partial charge in [-0.15, -0.1) is 0 Å². The molecule has 0 spiro atoms. The van der Waals surface area contributed by atoms with E-state index in [0.717, 1.165) is 60.4 Å². The van der Waals surface area contributed by atoms with E-state index < -0.39 is 11.5 Å². The Hall–Kier alpha value is -3.16. The van der Waals surface area contributed by atoms with E-state index in [0.29, 0.717) is 29.8 Å². The molecular weight excluding hydrogens is 577 g/mol. The van der Waals surface area contributed by atoms with Crippen LogP contribution in [-0.2, 0) is 11.2 Å². The minimum absolute atomic E-state index is 0.0591. The Bertz CT molecular complexity index is 1810. The van der Waals surface area contributed by atoms with E-state index in [-0.39, 0.29) is 16.7 Å². The zero-order valence-electron chi connectivity index (χ0n) is 26.8. The molecule has 4 aromatic rings. The van der Waals surface area contributed by atoms with Crippen LogP contribution < -0.4 is 0 Å². The molecule has 6 nitrogen and oxygen atoms in total. The summed E-state index contributed by atoms with van der Waals surface area (Å²) in [5.74, 6) is 1.77. The van der Waals surface area contributed by atoms with E-state index in [1.54, 1.807) is 0 Å². The van der Waals surface area contributed by atoms with Crippen LogP contribution in [0.25, 0.3) is 22.8 Å². The van der Waals surface area contributed by atoms with Gasteiger partial charge in [0, 0.05) is 10.8 Å². The third-order valence-electron chi connectivity index (χ3n) is 13.1. The molecule has 2 N–H and O–H groups in total. The lowest BCUT2D eigenvalue weighted by atomic mass is 9.43. The van der Waals surface area contributed by atoms with Crippen molar-refractivity contribution in [2.75, 3.05) is 5.75 Å². The topological polar surface area (TPSA) is 83.8 Å². The summed E-state index contributed by atoms with van der Waals surface area (Å²) in [6, 6.07) is 16.5. The molecule has 4 aliphatic carbocycles. The number of benzene rings is 2. The number of aliphatic hydroxyl groups is 1. The molecule has 2 heterocycles. The summed E-state index contributed by atoms with van der Waals surface area (Å²) in [4.78, 5) is 22.2. The minimum atomic E-state index is -0.452. The molecule has 7 unspecified atom stereocenters. The first-order valence-corrected chi connectivity index (χ1v) is 17.8. The lowest BCUT2D eigenvalue weighted by Crippen LogP contribution is -2.59. The van der Waals surface area contributed by atoms with Gasteiger partial charge in [-0.3, -0.25) is 4.79 Å². The molecule has 0 amide bonds. The van der Waals surface area contributed by atoms with Crippen LogP contribution in [0.2, 0.25) is 0 Å². The van der Waals surface area contributed by atoms with Crippen LogP contribution in [0.4, 0.5) is 0 Å². The highest BCUT2D eigenvalue weighted by Crippen LogP contribution is 2.70. The predicted molar refractivity (Wildman–Crippen MR) is 180 cm³/mol. The first-order chi connectivity index (χ1) is 21.7. The van der Waals surface area contributed by atoms with E-state index in [4.69, 9.17) is 10.1 Å². The molecule has 7 atom stereocenters. The number of hydrogen-bond acceptors (Lipinski definition) is 5. The van der Waals surface area contributed by atoms with Gasteiger partial charge in [0.2, 0.25) is 0 Å². The summed E-state index contributed by atoms with van der Waals surface area (Å²) in [6.07, 6.45) is 10.8. The van der Waals surface area contributed by atoms with Gasteiger partial charge in [0.1, 0.15) is 5.78 Å². The fourth-order valence-corrected chi connectivity index (χ4v) is 11.5. The van der Waals surface area contributed by atoms with Gasteiger partial charge in [-0.1, -0.05) is 68.4 Å². The number of thioether (sulfide) groups is 1. The number of aromatic amines is 1. The third kappa shape index (κ3) is 4.15. The summed E-state index contributed by atoms with van der Waals surface area (Å²) >= 11 is 1.52. The van der Waals surface area contributed by atoms with E-state index in [1.165, 1.54) is 34.2 Å². The molecule has 0 saturated heterocycles.